The molecule has 2 heterocycles. The van der Waals surface area contributed by atoms with Crippen molar-refractivity contribution >= 4 is 17.2 Å². The Hall–Kier alpha value is -2.96. The van der Waals surface area contributed by atoms with Crippen molar-refractivity contribution in [3.05, 3.63) is 71.5 Å². The SMILES string of the molecule is Clc1nnc2ccc(Oc3cc(CNCC4CCCCC4)ccc3-c3ccccc3)nn12. The number of benzene rings is 2. The molecule has 7 heteroatoms. The van der Waals surface area contributed by atoms with Gasteiger partial charge in [0.2, 0.25) is 11.2 Å². The maximum atomic E-state index is 6.26. The first kappa shape index (κ1) is 20.9. The Balaban J connectivity index is 1.39. The number of halogens is 1. The molecule has 4 aromatic rings. The Morgan fingerprint density at radius 1 is 0.969 bits per heavy atom. The largest absolute Gasteiger partial charge is 0.437 e. The summed E-state index contributed by atoms with van der Waals surface area (Å²) in [5, 5.41) is 16.1. The molecule has 1 aliphatic carbocycles. The van der Waals surface area contributed by atoms with Gasteiger partial charge in [-0.2, -0.15) is 4.52 Å². The van der Waals surface area contributed by atoms with E-state index >= 15 is 0 Å². The molecule has 2 aromatic carbocycles. The molecule has 0 amide bonds. The molecule has 1 N–H and O–H groups in total. The molecule has 164 valence electrons. The summed E-state index contributed by atoms with van der Waals surface area (Å²) in [6, 6.07) is 20.2. The predicted octanol–water partition coefficient (Wildman–Crippen LogP) is 5.91. The minimum atomic E-state index is 0.203. The molecule has 2 aromatic heterocycles. The third-order valence-corrected chi connectivity index (χ3v) is 6.27. The Morgan fingerprint density at radius 3 is 2.66 bits per heavy atom. The van der Waals surface area contributed by atoms with Crippen molar-refractivity contribution in [3.63, 3.8) is 0 Å². The molecule has 0 unspecified atom stereocenters. The highest BCUT2D eigenvalue weighted by Gasteiger charge is 2.14. The zero-order chi connectivity index (χ0) is 21.8. The Labute approximate surface area is 192 Å². The fourth-order valence-electron chi connectivity index (χ4n) is 4.34. The van der Waals surface area contributed by atoms with Crippen LogP contribution in [-0.4, -0.2) is 26.4 Å². The van der Waals surface area contributed by atoms with E-state index in [2.05, 4.69) is 50.9 Å². The quantitative estimate of drug-likeness (QED) is 0.381. The fourth-order valence-corrected chi connectivity index (χ4v) is 4.50. The lowest BCUT2D eigenvalue weighted by atomic mass is 9.89. The number of ether oxygens (including phenoxy) is 1. The van der Waals surface area contributed by atoms with E-state index in [9.17, 15) is 0 Å². The maximum Gasteiger partial charge on any atom is 0.246 e. The van der Waals surface area contributed by atoms with Crippen molar-refractivity contribution in [3.8, 4) is 22.8 Å². The van der Waals surface area contributed by atoms with Gasteiger partial charge in [-0.1, -0.05) is 61.7 Å². The van der Waals surface area contributed by atoms with Crippen molar-refractivity contribution in [1.82, 2.24) is 25.1 Å². The van der Waals surface area contributed by atoms with Gasteiger partial charge in [0.05, 0.1) is 0 Å². The number of rotatable bonds is 7. The summed E-state index contributed by atoms with van der Waals surface area (Å²) in [6.45, 7) is 1.88. The highest BCUT2D eigenvalue weighted by atomic mass is 35.5. The summed E-state index contributed by atoms with van der Waals surface area (Å²) in [7, 11) is 0. The molecule has 1 fully saturated rings. The molecular weight excluding hydrogens is 422 g/mol. The van der Waals surface area contributed by atoms with Crippen LogP contribution in [-0.2, 0) is 6.54 Å². The average Bonchev–Trinajstić information content (AvgIpc) is 3.21. The van der Waals surface area contributed by atoms with E-state index in [1.807, 2.05) is 18.2 Å². The summed E-state index contributed by atoms with van der Waals surface area (Å²) in [5.41, 5.74) is 3.86. The molecule has 0 spiro atoms. The highest BCUT2D eigenvalue weighted by Crippen LogP contribution is 2.34. The van der Waals surface area contributed by atoms with Gasteiger partial charge in [0.1, 0.15) is 5.75 Å². The lowest BCUT2D eigenvalue weighted by Gasteiger charge is -2.22. The van der Waals surface area contributed by atoms with Crippen LogP contribution in [0.3, 0.4) is 0 Å². The number of nitrogens with one attached hydrogen (secondary N) is 1. The van der Waals surface area contributed by atoms with Crippen molar-refractivity contribution < 1.29 is 4.74 Å². The van der Waals surface area contributed by atoms with Crippen molar-refractivity contribution in [2.24, 2.45) is 5.92 Å². The third kappa shape index (κ3) is 4.76. The normalized spacial score (nSPS) is 14.7. The number of hydrogen-bond donors (Lipinski definition) is 1. The lowest BCUT2D eigenvalue weighted by Crippen LogP contribution is -2.24. The van der Waals surface area contributed by atoms with Crippen LogP contribution in [0.5, 0.6) is 11.6 Å². The maximum absolute atomic E-state index is 6.26. The molecule has 6 nitrogen and oxygen atoms in total. The molecule has 0 atom stereocenters. The Bertz CT molecular complexity index is 1190. The van der Waals surface area contributed by atoms with E-state index in [4.69, 9.17) is 16.3 Å². The summed E-state index contributed by atoms with van der Waals surface area (Å²) in [5.74, 6) is 1.99. The van der Waals surface area contributed by atoms with Gasteiger partial charge >= 0.3 is 0 Å². The van der Waals surface area contributed by atoms with Gasteiger partial charge in [0, 0.05) is 18.2 Å². The van der Waals surface area contributed by atoms with E-state index in [1.54, 1.807) is 12.1 Å². The van der Waals surface area contributed by atoms with Crippen molar-refractivity contribution in [1.29, 1.82) is 0 Å². The molecule has 0 saturated heterocycles. The van der Waals surface area contributed by atoms with Crippen LogP contribution in [0.2, 0.25) is 5.28 Å². The highest BCUT2D eigenvalue weighted by molar-refractivity contribution is 6.28. The second-order valence-corrected chi connectivity index (χ2v) is 8.68. The monoisotopic (exact) mass is 447 g/mol. The van der Waals surface area contributed by atoms with Crippen LogP contribution in [0.25, 0.3) is 16.8 Å². The summed E-state index contributed by atoms with van der Waals surface area (Å²) < 4.78 is 7.73. The Morgan fingerprint density at radius 2 is 1.81 bits per heavy atom. The minimum absolute atomic E-state index is 0.203. The number of hydrogen-bond acceptors (Lipinski definition) is 5. The topological polar surface area (TPSA) is 64.3 Å². The van der Waals surface area contributed by atoms with Crippen LogP contribution in [0.4, 0.5) is 0 Å². The first-order valence-electron chi connectivity index (χ1n) is 11.2. The van der Waals surface area contributed by atoms with E-state index in [0.717, 1.165) is 35.9 Å². The molecule has 0 aliphatic heterocycles. The van der Waals surface area contributed by atoms with Crippen LogP contribution in [0.15, 0.2) is 60.7 Å². The second kappa shape index (κ2) is 9.67. The van der Waals surface area contributed by atoms with Crippen molar-refractivity contribution in [2.45, 2.75) is 38.6 Å². The lowest BCUT2D eigenvalue weighted by molar-refractivity contribution is 0.342. The summed E-state index contributed by atoms with van der Waals surface area (Å²) >= 11 is 6.08. The van der Waals surface area contributed by atoms with E-state index in [-0.39, 0.29) is 5.28 Å². The van der Waals surface area contributed by atoms with Crippen LogP contribution in [0, 0.1) is 5.92 Å². The zero-order valence-electron chi connectivity index (χ0n) is 17.9. The van der Waals surface area contributed by atoms with Gasteiger partial charge in [-0.3, -0.25) is 0 Å². The van der Waals surface area contributed by atoms with E-state index < -0.39 is 0 Å². The zero-order valence-corrected chi connectivity index (χ0v) is 18.6. The number of nitrogens with zero attached hydrogens (tertiary/aromatic N) is 4. The molecule has 0 bridgehead atoms. The Kier molecular flexibility index (Phi) is 6.32. The van der Waals surface area contributed by atoms with Gasteiger partial charge in [-0.05, 0) is 60.2 Å². The van der Waals surface area contributed by atoms with Gasteiger partial charge in [0.15, 0.2) is 5.65 Å². The fraction of sp³-hybridized carbons (Fsp3) is 0.320. The van der Waals surface area contributed by atoms with Crippen LogP contribution >= 0.6 is 11.6 Å². The molecule has 1 saturated carbocycles. The first-order valence-corrected chi connectivity index (χ1v) is 11.6. The molecule has 0 radical (unpaired) electrons. The van der Waals surface area contributed by atoms with Gasteiger partial charge < -0.3 is 10.1 Å². The number of aromatic nitrogens is 4. The average molecular weight is 448 g/mol. The minimum Gasteiger partial charge on any atom is -0.437 e. The summed E-state index contributed by atoms with van der Waals surface area (Å²) in [6.07, 6.45) is 6.80. The van der Waals surface area contributed by atoms with E-state index in [0.29, 0.717) is 11.5 Å². The standard InChI is InChI=1S/C25H26ClN5O/c26-25-29-28-23-13-14-24(30-31(23)25)32-22-15-19(17-27-16-18-7-3-1-4-8-18)11-12-21(22)20-9-5-2-6-10-20/h2,5-6,9-15,18,27H,1,3-4,7-8,16-17H2. The first-order chi connectivity index (χ1) is 15.8. The number of fused-ring (bicyclic) bond motifs is 1. The third-order valence-electron chi connectivity index (χ3n) is 6.03. The van der Waals surface area contributed by atoms with Gasteiger partial charge in [-0.15, -0.1) is 15.3 Å². The van der Waals surface area contributed by atoms with E-state index in [1.165, 1.54) is 42.2 Å². The molecule has 32 heavy (non-hydrogen) atoms. The van der Waals surface area contributed by atoms with Crippen LogP contribution in [0.1, 0.15) is 37.7 Å². The van der Waals surface area contributed by atoms with Gasteiger partial charge in [0.25, 0.3) is 0 Å². The van der Waals surface area contributed by atoms with Gasteiger partial charge in [-0.25, -0.2) is 0 Å². The predicted molar refractivity (Wildman–Crippen MR) is 126 cm³/mol. The molecular formula is C25H26ClN5O. The van der Waals surface area contributed by atoms with Crippen molar-refractivity contribution in [2.75, 3.05) is 6.54 Å². The van der Waals surface area contributed by atoms with Crippen LogP contribution < -0.4 is 10.1 Å². The molecule has 1 aliphatic rings. The smallest absolute Gasteiger partial charge is 0.246 e. The second-order valence-electron chi connectivity index (χ2n) is 8.34. The molecule has 5 rings (SSSR count). The summed E-state index contributed by atoms with van der Waals surface area (Å²) in [4.78, 5) is 0.